The number of carbonyl (C=O) groups is 1. The zero-order valence-electron chi connectivity index (χ0n) is 19.5. The van der Waals surface area contributed by atoms with Crippen LogP contribution in [0.25, 0.3) is 0 Å². The third-order valence-corrected chi connectivity index (χ3v) is 5.70. The van der Waals surface area contributed by atoms with Crippen molar-refractivity contribution >= 4 is 17.6 Å². The minimum Gasteiger partial charge on any atom is -0.490 e. The van der Waals surface area contributed by atoms with Crippen LogP contribution in [0.1, 0.15) is 22.6 Å². The molecule has 0 fully saturated rings. The topological polar surface area (TPSA) is 104 Å². The third-order valence-electron chi connectivity index (χ3n) is 5.46. The standard InChI is InChI=1S/C28H23ClN2O5/c1-3-11-33-20-6-4-5-18(13-20)27-22-9-8-21(14-25(22)36-28(31)23(27)15-30)35-26(32)16-34-24-10-7-19(29)12-17(24)2/h3-10,12-14,27H,1,11,16,31H2,2H3. The average Bonchev–Trinajstić information content (AvgIpc) is 2.86. The number of benzene rings is 3. The summed E-state index contributed by atoms with van der Waals surface area (Å²) in [6, 6.07) is 19.6. The van der Waals surface area contributed by atoms with Gasteiger partial charge in [-0.1, -0.05) is 42.5 Å². The van der Waals surface area contributed by atoms with Crippen LogP contribution in [-0.2, 0) is 4.79 Å². The fourth-order valence-electron chi connectivity index (χ4n) is 3.85. The number of allylic oxidation sites excluding steroid dienone is 1. The summed E-state index contributed by atoms with van der Waals surface area (Å²) in [5.41, 5.74) is 8.68. The molecule has 0 saturated carbocycles. The van der Waals surface area contributed by atoms with Crippen molar-refractivity contribution in [2.75, 3.05) is 13.2 Å². The Labute approximate surface area is 213 Å². The molecule has 1 aliphatic heterocycles. The van der Waals surface area contributed by atoms with Crippen LogP contribution < -0.4 is 24.7 Å². The van der Waals surface area contributed by atoms with Crippen molar-refractivity contribution in [1.29, 1.82) is 5.26 Å². The molecule has 2 N–H and O–H groups in total. The summed E-state index contributed by atoms with van der Waals surface area (Å²) in [5.74, 6) is 0.722. The van der Waals surface area contributed by atoms with Gasteiger partial charge >= 0.3 is 5.97 Å². The van der Waals surface area contributed by atoms with Crippen molar-refractivity contribution in [3.05, 3.63) is 106 Å². The fraction of sp³-hybridized carbons (Fsp3) is 0.143. The fourth-order valence-corrected chi connectivity index (χ4v) is 4.08. The summed E-state index contributed by atoms with van der Waals surface area (Å²) >= 11 is 5.95. The van der Waals surface area contributed by atoms with E-state index >= 15 is 0 Å². The maximum Gasteiger partial charge on any atom is 0.349 e. The number of hydrogen-bond acceptors (Lipinski definition) is 7. The van der Waals surface area contributed by atoms with E-state index in [1.54, 1.807) is 42.5 Å². The molecule has 1 unspecified atom stereocenters. The van der Waals surface area contributed by atoms with E-state index < -0.39 is 11.9 Å². The number of esters is 1. The van der Waals surface area contributed by atoms with E-state index in [9.17, 15) is 10.1 Å². The smallest absolute Gasteiger partial charge is 0.349 e. The van der Waals surface area contributed by atoms with Gasteiger partial charge in [-0.25, -0.2) is 4.79 Å². The summed E-state index contributed by atoms with van der Waals surface area (Å²) in [4.78, 5) is 12.4. The molecule has 7 nitrogen and oxygen atoms in total. The van der Waals surface area contributed by atoms with Crippen molar-refractivity contribution < 1.29 is 23.7 Å². The van der Waals surface area contributed by atoms with Crippen LogP contribution in [-0.4, -0.2) is 19.2 Å². The molecule has 1 aliphatic rings. The number of carbonyl (C=O) groups excluding carboxylic acids is 1. The average molecular weight is 503 g/mol. The first kappa shape index (κ1) is 24.7. The summed E-state index contributed by atoms with van der Waals surface area (Å²) in [6.07, 6.45) is 1.65. The largest absolute Gasteiger partial charge is 0.490 e. The highest BCUT2D eigenvalue weighted by Crippen LogP contribution is 2.44. The van der Waals surface area contributed by atoms with Gasteiger partial charge in [-0.15, -0.1) is 0 Å². The zero-order valence-corrected chi connectivity index (χ0v) is 20.2. The molecule has 3 aromatic carbocycles. The first-order valence-corrected chi connectivity index (χ1v) is 11.4. The lowest BCUT2D eigenvalue weighted by Crippen LogP contribution is -2.22. The molecule has 4 rings (SSSR count). The van der Waals surface area contributed by atoms with Crippen LogP contribution >= 0.6 is 11.6 Å². The lowest BCUT2D eigenvalue weighted by atomic mass is 9.83. The number of hydrogen-bond donors (Lipinski definition) is 1. The van der Waals surface area contributed by atoms with E-state index in [4.69, 9.17) is 36.3 Å². The number of rotatable bonds is 8. The van der Waals surface area contributed by atoms with Crippen molar-refractivity contribution in [1.82, 2.24) is 0 Å². The second-order valence-corrected chi connectivity index (χ2v) is 8.41. The maximum atomic E-state index is 12.4. The van der Waals surface area contributed by atoms with Gasteiger partial charge in [-0.05, 0) is 54.4 Å². The molecule has 0 radical (unpaired) electrons. The Kier molecular flexibility index (Phi) is 7.47. The SMILES string of the molecule is C=CCOc1cccc(C2C(C#N)=C(N)Oc3cc(OC(=O)COc4ccc(Cl)cc4C)ccc32)c1. The molecule has 0 saturated heterocycles. The van der Waals surface area contributed by atoms with E-state index in [0.717, 1.165) is 11.1 Å². The highest BCUT2D eigenvalue weighted by atomic mass is 35.5. The summed E-state index contributed by atoms with van der Waals surface area (Å²) < 4.78 is 22.4. The first-order valence-electron chi connectivity index (χ1n) is 11.0. The number of halogens is 1. The molecule has 0 amide bonds. The highest BCUT2D eigenvalue weighted by Gasteiger charge is 2.31. The molecule has 1 heterocycles. The Bertz CT molecular complexity index is 1390. The minimum absolute atomic E-state index is 0.0163. The second kappa shape index (κ2) is 10.9. The molecule has 0 aliphatic carbocycles. The van der Waals surface area contributed by atoms with E-state index in [1.807, 2.05) is 31.2 Å². The third kappa shape index (κ3) is 5.45. The Morgan fingerprint density at radius 1 is 1.17 bits per heavy atom. The molecule has 0 aromatic heterocycles. The Morgan fingerprint density at radius 2 is 2.00 bits per heavy atom. The van der Waals surface area contributed by atoms with Gasteiger partial charge in [0.05, 0.1) is 5.92 Å². The van der Waals surface area contributed by atoms with Crippen molar-refractivity contribution in [2.45, 2.75) is 12.8 Å². The molecule has 0 spiro atoms. The van der Waals surface area contributed by atoms with Crippen molar-refractivity contribution in [2.24, 2.45) is 5.73 Å². The van der Waals surface area contributed by atoms with Gasteiger partial charge in [0.1, 0.15) is 41.2 Å². The van der Waals surface area contributed by atoms with Gasteiger partial charge in [0.2, 0.25) is 5.88 Å². The first-order chi connectivity index (χ1) is 17.4. The predicted octanol–water partition coefficient (Wildman–Crippen LogP) is 5.42. The van der Waals surface area contributed by atoms with Crippen LogP contribution in [0.3, 0.4) is 0 Å². The predicted molar refractivity (Wildman–Crippen MR) is 135 cm³/mol. The number of nitrogens with two attached hydrogens (primary N) is 1. The van der Waals surface area contributed by atoms with Gasteiger partial charge in [0.25, 0.3) is 0 Å². The second-order valence-electron chi connectivity index (χ2n) is 7.97. The number of aryl methyl sites for hydroxylation is 1. The maximum absolute atomic E-state index is 12.4. The highest BCUT2D eigenvalue weighted by molar-refractivity contribution is 6.30. The normalized spacial score (nSPS) is 14.2. The number of ether oxygens (including phenoxy) is 4. The molecule has 3 aromatic rings. The zero-order chi connectivity index (χ0) is 25.7. The van der Waals surface area contributed by atoms with Crippen LogP contribution in [0.5, 0.6) is 23.0 Å². The lowest BCUT2D eigenvalue weighted by molar-refractivity contribution is -0.136. The van der Waals surface area contributed by atoms with Gasteiger partial charge < -0.3 is 24.7 Å². The molecule has 0 bridgehead atoms. The Morgan fingerprint density at radius 3 is 2.75 bits per heavy atom. The van der Waals surface area contributed by atoms with E-state index in [1.165, 1.54) is 0 Å². The van der Waals surface area contributed by atoms with Crippen molar-refractivity contribution in [3.63, 3.8) is 0 Å². The Hall–Kier alpha value is -4.41. The molecule has 1 atom stereocenters. The molecule has 182 valence electrons. The minimum atomic E-state index is -0.593. The van der Waals surface area contributed by atoms with E-state index in [0.29, 0.717) is 34.4 Å². The van der Waals surface area contributed by atoms with Crippen LogP contribution in [0.15, 0.2) is 84.8 Å². The number of fused-ring (bicyclic) bond motifs is 1. The van der Waals surface area contributed by atoms with Gasteiger partial charge in [-0.2, -0.15) is 5.26 Å². The van der Waals surface area contributed by atoms with Gasteiger partial charge in [0.15, 0.2) is 6.61 Å². The number of nitriles is 1. The van der Waals surface area contributed by atoms with Gasteiger partial charge in [0, 0.05) is 16.7 Å². The summed E-state index contributed by atoms with van der Waals surface area (Å²) in [7, 11) is 0. The van der Waals surface area contributed by atoms with Crippen LogP contribution in [0.2, 0.25) is 5.02 Å². The lowest BCUT2D eigenvalue weighted by Gasteiger charge is -2.27. The monoisotopic (exact) mass is 502 g/mol. The van der Waals surface area contributed by atoms with Gasteiger partial charge in [-0.3, -0.25) is 0 Å². The summed E-state index contributed by atoms with van der Waals surface area (Å²) in [6.45, 7) is 5.55. The molecular weight excluding hydrogens is 480 g/mol. The van der Waals surface area contributed by atoms with E-state index in [2.05, 4.69) is 12.6 Å². The molecule has 8 heteroatoms. The summed E-state index contributed by atoms with van der Waals surface area (Å²) in [5, 5.41) is 10.4. The van der Waals surface area contributed by atoms with Crippen LogP contribution in [0.4, 0.5) is 0 Å². The van der Waals surface area contributed by atoms with Crippen LogP contribution in [0, 0.1) is 18.3 Å². The quantitative estimate of drug-likeness (QED) is 0.249. The van der Waals surface area contributed by atoms with E-state index in [-0.39, 0.29) is 23.8 Å². The Balaban J connectivity index is 1.55. The molecule has 36 heavy (non-hydrogen) atoms. The number of nitrogens with zero attached hydrogens (tertiary/aromatic N) is 1. The molecular formula is C28H23ClN2O5. The van der Waals surface area contributed by atoms with Crippen molar-refractivity contribution in [3.8, 4) is 29.1 Å².